The number of benzene rings is 1. The quantitative estimate of drug-likeness (QED) is 0.199. The zero-order valence-electron chi connectivity index (χ0n) is 23.0. The average Bonchev–Trinajstić information content (AvgIpc) is 3.52. The van der Waals surface area contributed by atoms with Gasteiger partial charge in [0.25, 0.3) is 0 Å². The molecule has 39 heavy (non-hydrogen) atoms. The van der Waals surface area contributed by atoms with Crippen LogP contribution in [-0.2, 0) is 25.7 Å². The Morgan fingerprint density at radius 2 is 1.92 bits per heavy atom. The number of aliphatic hydroxyl groups is 1. The molecule has 0 aromatic heterocycles. The average molecular weight is 555 g/mol. The molecule has 4 rings (SSSR count). The van der Waals surface area contributed by atoms with Crippen LogP contribution < -0.4 is 0 Å². The minimum absolute atomic E-state index is 0.0332. The topological polar surface area (TPSA) is 87.2 Å². The van der Waals surface area contributed by atoms with Crippen LogP contribution in [0.15, 0.2) is 55.6 Å². The van der Waals surface area contributed by atoms with E-state index in [4.69, 9.17) is 9.84 Å². The highest BCUT2D eigenvalue weighted by Gasteiger charge is 2.76. The molecule has 2 amide bonds. The molecular weight excluding hydrogens is 512 g/mol. The maximum atomic E-state index is 14.5. The molecule has 8 heteroatoms. The van der Waals surface area contributed by atoms with Crippen molar-refractivity contribution in [1.82, 2.24) is 9.80 Å². The van der Waals surface area contributed by atoms with Gasteiger partial charge >= 0.3 is 5.97 Å². The predicted molar refractivity (Wildman–Crippen MR) is 154 cm³/mol. The first-order chi connectivity index (χ1) is 18.9. The van der Waals surface area contributed by atoms with Crippen molar-refractivity contribution < 1.29 is 24.2 Å². The first-order valence-electron chi connectivity index (χ1n) is 14.2. The van der Waals surface area contributed by atoms with Crippen LogP contribution >= 0.6 is 11.8 Å². The molecule has 3 saturated heterocycles. The number of amides is 2. The van der Waals surface area contributed by atoms with Gasteiger partial charge in [-0.05, 0) is 37.2 Å². The number of unbranched alkanes of at least 4 members (excludes halogenated alkanes) is 3. The summed E-state index contributed by atoms with van der Waals surface area (Å²) in [6, 6.07) is 9.21. The molecule has 1 N–H and O–H groups in total. The van der Waals surface area contributed by atoms with Gasteiger partial charge in [-0.1, -0.05) is 62.2 Å². The molecule has 3 heterocycles. The second kappa shape index (κ2) is 13.2. The highest BCUT2D eigenvalue weighted by atomic mass is 32.2. The molecule has 2 bridgehead atoms. The lowest BCUT2D eigenvalue weighted by molar-refractivity contribution is -0.154. The number of fused-ring (bicyclic) bond motifs is 1. The molecule has 212 valence electrons. The zero-order valence-corrected chi connectivity index (χ0v) is 23.8. The maximum Gasteiger partial charge on any atom is 0.310 e. The number of likely N-dealkylation sites (tertiary alicyclic amines) is 1. The summed E-state index contributed by atoms with van der Waals surface area (Å²) in [6.45, 7) is 11.4. The summed E-state index contributed by atoms with van der Waals surface area (Å²) in [4.78, 5) is 45.6. The van der Waals surface area contributed by atoms with Gasteiger partial charge in [0.05, 0.1) is 23.2 Å². The smallest absolute Gasteiger partial charge is 0.310 e. The summed E-state index contributed by atoms with van der Waals surface area (Å²) < 4.78 is 4.94. The van der Waals surface area contributed by atoms with Gasteiger partial charge in [0.2, 0.25) is 11.8 Å². The van der Waals surface area contributed by atoms with Crippen molar-refractivity contribution in [2.45, 2.75) is 68.0 Å². The summed E-state index contributed by atoms with van der Waals surface area (Å²) in [5.74, 6) is -1.51. The van der Waals surface area contributed by atoms with Gasteiger partial charge < -0.3 is 19.6 Å². The van der Waals surface area contributed by atoms with Crippen molar-refractivity contribution in [3.63, 3.8) is 0 Å². The molecule has 0 aliphatic carbocycles. The van der Waals surface area contributed by atoms with Gasteiger partial charge in [0.1, 0.15) is 6.04 Å². The summed E-state index contributed by atoms with van der Waals surface area (Å²) in [6.07, 6.45) is 7.98. The first kappa shape index (κ1) is 29.4. The van der Waals surface area contributed by atoms with Crippen LogP contribution in [0.25, 0.3) is 0 Å². The molecule has 1 spiro atoms. The summed E-state index contributed by atoms with van der Waals surface area (Å²) in [7, 11) is 0. The van der Waals surface area contributed by atoms with E-state index in [1.807, 2.05) is 30.3 Å². The Kier molecular flexibility index (Phi) is 9.94. The number of thioether (sulfide) groups is 1. The van der Waals surface area contributed by atoms with Crippen molar-refractivity contribution in [3.05, 3.63) is 61.2 Å². The number of esters is 1. The SMILES string of the molecule is C=CCCOC(=O)[C@@H]1[C@@H]2CC(C)C3(S2)C(C(=O)N(CC=C)Cc2ccccc2)N(CCCCCCO)C(=O)[C@H]13. The molecule has 3 fully saturated rings. The van der Waals surface area contributed by atoms with E-state index in [1.54, 1.807) is 33.7 Å². The fourth-order valence-electron chi connectivity index (χ4n) is 6.76. The van der Waals surface area contributed by atoms with Crippen LogP contribution in [0.5, 0.6) is 0 Å². The third-order valence-electron chi connectivity index (χ3n) is 8.50. The van der Waals surface area contributed by atoms with E-state index in [9.17, 15) is 14.4 Å². The van der Waals surface area contributed by atoms with E-state index >= 15 is 0 Å². The monoisotopic (exact) mass is 554 g/mol. The normalized spacial score (nSPS) is 28.8. The zero-order chi connectivity index (χ0) is 28.0. The van der Waals surface area contributed by atoms with Crippen LogP contribution in [-0.4, -0.2) is 75.0 Å². The molecular formula is C31H42N2O5S. The first-order valence-corrected chi connectivity index (χ1v) is 15.1. The molecule has 3 aliphatic rings. The summed E-state index contributed by atoms with van der Waals surface area (Å²) >= 11 is 1.68. The predicted octanol–water partition coefficient (Wildman–Crippen LogP) is 4.21. The van der Waals surface area contributed by atoms with Crippen molar-refractivity contribution in [1.29, 1.82) is 0 Å². The van der Waals surface area contributed by atoms with E-state index in [0.29, 0.717) is 26.1 Å². The second-order valence-corrected chi connectivity index (χ2v) is 12.5. The number of carbonyl (C=O) groups is 3. The fourth-order valence-corrected chi connectivity index (χ4v) is 9.16. The van der Waals surface area contributed by atoms with Gasteiger partial charge in [-0.3, -0.25) is 14.4 Å². The van der Waals surface area contributed by atoms with Gasteiger partial charge in [-0.2, -0.15) is 0 Å². The third-order valence-corrected chi connectivity index (χ3v) is 10.6. The summed E-state index contributed by atoms with van der Waals surface area (Å²) in [5.41, 5.74) is 1.02. The van der Waals surface area contributed by atoms with Gasteiger partial charge in [-0.15, -0.1) is 24.9 Å². The Morgan fingerprint density at radius 1 is 1.18 bits per heavy atom. The lowest BCUT2D eigenvalue weighted by Crippen LogP contribution is -2.57. The van der Waals surface area contributed by atoms with E-state index < -0.39 is 22.6 Å². The van der Waals surface area contributed by atoms with Crippen molar-refractivity contribution in [2.24, 2.45) is 17.8 Å². The van der Waals surface area contributed by atoms with Crippen LogP contribution in [0.1, 0.15) is 51.0 Å². The summed E-state index contributed by atoms with van der Waals surface area (Å²) in [5, 5.41) is 9.13. The largest absolute Gasteiger partial charge is 0.465 e. The minimum atomic E-state index is -0.665. The Bertz CT molecular complexity index is 1050. The van der Waals surface area contributed by atoms with Crippen molar-refractivity contribution in [2.75, 3.05) is 26.3 Å². The molecule has 1 aromatic carbocycles. The van der Waals surface area contributed by atoms with Crippen LogP contribution in [0, 0.1) is 17.8 Å². The van der Waals surface area contributed by atoms with E-state index in [0.717, 1.165) is 37.7 Å². The standard InChI is InChI=1S/C31H42N2O5S/c1-4-6-19-38-30(37)25-24-20-22(3)31(39-24)26(25)28(35)33(17-12-7-8-13-18-34)27(31)29(36)32(16-5-2)21-23-14-10-9-11-15-23/h4-5,9-11,14-15,22,24-27,34H,1-2,6-8,12-13,16-21H2,3H3/t22?,24-,25+,26-,27?,31?/m0/s1. The Balaban J connectivity index is 1.67. The van der Waals surface area contributed by atoms with Crippen LogP contribution in [0.3, 0.4) is 0 Å². The van der Waals surface area contributed by atoms with Gasteiger partial charge in [-0.25, -0.2) is 0 Å². The number of hydrogen-bond donors (Lipinski definition) is 1. The number of nitrogens with zero attached hydrogens (tertiary/aromatic N) is 2. The lowest BCUT2D eigenvalue weighted by atomic mass is 9.66. The number of carbonyl (C=O) groups excluding carboxylic acids is 3. The molecule has 3 unspecified atom stereocenters. The lowest BCUT2D eigenvalue weighted by Gasteiger charge is -2.40. The highest BCUT2D eigenvalue weighted by Crippen LogP contribution is 2.68. The highest BCUT2D eigenvalue weighted by molar-refractivity contribution is 8.02. The Labute approximate surface area is 236 Å². The number of aliphatic hydroxyl groups excluding tert-OH is 1. The van der Waals surface area contributed by atoms with Gasteiger partial charge in [0.15, 0.2) is 0 Å². The third kappa shape index (κ3) is 5.68. The Hall–Kier alpha value is -2.58. The van der Waals surface area contributed by atoms with Gasteiger partial charge in [0, 0.05) is 31.5 Å². The van der Waals surface area contributed by atoms with Crippen molar-refractivity contribution in [3.8, 4) is 0 Å². The minimum Gasteiger partial charge on any atom is -0.465 e. The number of hydrogen-bond acceptors (Lipinski definition) is 6. The van der Waals surface area contributed by atoms with E-state index in [1.165, 1.54) is 0 Å². The van der Waals surface area contributed by atoms with Crippen molar-refractivity contribution >= 4 is 29.5 Å². The van der Waals surface area contributed by atoms with E-state index in [2.05, 4.69) is 20.1 Å². The second-order valence-electron chi connectivity index (χ2n) is 11.0. The van der Waals surface area contributed by atoms with Crippen LogP contribution in [0.2, 0.25) is 0 Å². The Morgan fingerprint density at radius 3 is 2.62 bits per heavy atom. The maximum absolute atomic E-state index is 14.5. The molecule has 3 aliphatic heterocycles. The number of ether oxygens (including phenoxy) is 1. The van der Waals surface area contributed by atoms with Crippen LogP contribution in [0.4, 0.5) is 0 Å². The molecule has 0 saturated carbocycles. The number of rotatable bonds is 15. The fraction of sp³-hybridized carbons (Fsp3) is 0.581. The van der Waals surface area contributed by atoms with E-state index in [-0.39, 0.29) is 42.2 Å². The molecule has 0 radical (unpaired) electrons. The molecule has 1 aromatic rings. The molecule has 7 nitrogen and oxygen atoms in total. The molecule has 6 atom stereocenters.